The van der Waals surface area contributed by atoms with E-state index < -0.39 is 0 Å². The Balaban J connectivity index is -0.0000000178. The van der Waals surface area contributed by atoms with E-state index in [-0.39, 0.29) is 28.2 Å². The van der Waals surface area contributed by atoms with Crippen LogP contribution in [0, 0.1) is 11.8 Å². The minimum atomic E-state index is 0. The van der Waals surface area contributed by atoms with Gasteiger partial charge in [0.15, 0.2) is 0 Å². The highest BCUT2D eigenvalue weighted by Crippen LogP contribution is 1.95. The van der Waals surface area contributed by atoms with Crippen molar-refractivity contribution in [2.45, 2.75) is 118 Å². The lowest BCUT2D eigenvalue weighted by atomic mass is 10.1. The van der Waals surface area contributed by atoms with Gasteiger partial charge >= 0.3 is 0 Å². The fourth-order valence-corrected chi connectivity index (χ4v) is 0.408. The summed E-state index contributed by atoms with van der Waals surface area (Å²) in [5.74, 6) is 1.41. The van der Waals surface area contributed by atoms with Gasteiger partial charge in [-0.3, -0.25) is 4.79 Å². The molecular weight excluding hydrogens is 256 g/mol. The number of carbonyl (C=O) groups excluding carboxylic acids is 1. The SMILES string of the molecule is C.C.C.CC.CC.CC(C)C.CCC.CCC(=O)C(C)C. The van der Waals surface area contributed by atoms with E-state index in [1.54, 1.807) is 0 Å². The summed E-state index contributed by atoms with van der Waals surface area (Å²) < 4.78 is 0. The van der Waals surface area contributed by atoms with Gasteiger partial charge in [0, 0.05) is 12.3 Å². The Labute approximate surface area is 141 Å². The van der Waals surface area contributed by atoms with Crippen molar-refractivity contribution < 1.29 is 4.79 Å². The first-order valence-corrected chi connectivity index (χ1v) is 7.85. The van der Waals surface area contributed by atoms with E-state index in [1.165, 1.54) is 6.42 Å². The second-order valence-corrected chi connectivity index (χ2v) is 4.41. The zero-order chi connectivity index (χ0) is 16.1. The Bertz CT molecular complexity index is 102. The van der Waals surface area contributed by atoms with E-state index in [4.69, 9.17) is 0 Å². The Kier molecular flexibility index (Phi) is 143. The number of rotatable bonds is 2. The zero-order valence-electron chi connectivity index (χ0n) is 15.5. The maximum atomic E-state index is 10.5. The third-order valence-corrected chi connectivity index (χ3v) is 0.992. The van der Waals surface area contributed by atoms with Crippen LogP contribution < -0.4 is 0 Å². The van der Waals surface area contributed by atoms with E-state index in [2.05, 4.69) is 34.6 Å². The van der Waals surface area contributed by atoms with Crippen LogP contribution in [-0.2, 0) is 4.79 Å². The molecule has 0 bridgehead atoms. The van der Waals surface area contributed by atoms with Gasteiger partial charge in [0.25, 0.3) is 0 Å². The van der Waals surface area contributed by atoms with Crippen LogP contribution in [0.15, 0.2) is 0 Å². The van der Waals surface area contributed by atoms with Gasteiger partial charge in [-0.05, 0) is 5.92 Å². The van der Waals surface area contributed by atoms with Crippen LogP contribution >= 0.6 is 0 Å². The summed E-state index contributed by atoms with van der Waals surface area (Å²) in [7, 11) is 0. The Hall–Kier alpha value is -0.330. The molecule has 0 aliphatic heterocycles. The van der Waals surface area contributed by atoms with Crippen LogP contribution in [0.3, 0.4) is 0 Å². The molecule has 0 aromatic rings. The fraction of sp³-hybridized carbons (Fsp3) is 0.950. The second-order valence-electron chi connectivity index (χ2n) is 4.41. The quantitative estimate of drug-likeness (QED) is 0.498. The normalized spacial score (nSPS) is 6.38. The molecule has 0 unspecified atom stereocenters. The summed E-state index contributed by atoms with van der Waals surface area (Å²) in [6.45, 7) is 24.5. The van der Waals surface area contributed by atoms with E-state index in [0.717, 1.165) is 5.92 Å². The highest BCUT2D eigenvalue weighted by atomic mass is 16.1. The second kappa shape index (κ2) is 60.2. The lowest BCUT2D eigenvalue weighted by Gasteiger charge is -1.96. The van der Waals surface area contributed by atoms with Gasteiger partial charge in [0.2, 0.25) is 0 Å². The molecule has 0 fully saturated rings. The predicted molar refractivity (Wildman–Crippen MR) is 110 cm³/mol. The molecule has 0 aliphatic rings. The summed E-state index contributed by atoms with van der Waals surface area (Å²) in [5.41, 5.74) is 0. The first-order valence-electron chi connectivity index (χ1n) is 7.85. The Morgan fingerprint density at radius 2 is 0.857 bits per heavy atom. The lowest BCUT2D eigenvalue weighted by Crippen LogP contribution is -2.03. The number of ketones is 1. The van der Waals surface area contributed by atoms with E-state index in [0.29, 0.717) is 12.2 Å². The third-order valence-electron chi connectivity index (χ3n) is 0.992. The largest absolute Gasteiger partial charge is 0.299 e. The van der Waals surface area contributed by atoms with Crippen molar-refractivity contribution in [3.05, 3.63) is 0 Å². The van der Waals surface area contributed by atoms with Gasteiger partial charge in [-0.15, -0.1) is 0 Å². The van der Waals surface area contributed by atoms with Crippen LogP contribution in [0.2, 0.25) is 0 Å². The maximum absolute atomic E-state index is 10.5. The molecule has 0 heterocycles. The summed E-state index contributed by atoms with van der Waals surface area (Å²) in [6, 6.07) is 0. The number of Topliss-reactive ketones (excluding diaryl/α,β-unsaturated/α-hetero) is 1. The molecular formula is C20H54O. The molecule has 0 amide bonds. The standard InChI is InChI=1S/C6H12O.C4H10.C3H8.2C2H6.3CH4/c1-4-6(7)5(2)3;1-4(2)3;1-3-2;2*1-2;;;/h5H,4H2,1-3H3;4H,1-3H3;3H2,1-2H3;2*1-2H3;3*1H4. The maximum Gasteiger partial charge on any atom is 0.135 e. The number of carbonyl (C=O) groups is 1. The topological polar surface area (TPSA) is 17.1 Å². The molecule has 1 nitrogen and oxygen atoms in total. The Morgan fingerprint density at radius 3 is 0.857 bits per heavy atom. The molecule has 0 saturated carbocycles. The van der Waals surface area contributed by atoms with Gasteiger partial charge in [-0.25, -0.2) is 0 Å². The first kappa shape index (κ1) is 49.8. The van der Waals surface area contributed by atoms with Crippen molar-refractivity contribution in [1.82, 2.24) is 0 Å². The van der Waals surface area contributed by atoms with Crippen LogP contribution in [0.1, 0.15) is 118 Å². The first-order chi connectivity index (χ1) is 8.33. The monoisotopic (exact) mass is 310 g/mol. The molecule has 0 radical (unpaired) electrons. The van der Waals surface area contributed by atoms with Gasteiger partial charge in [-0.2, -0.15) is 0 Å². The van der Waals surface area contributed by atoms with Gasteiger partial charge < -0.3 is 0 Å². The molecule has 140 valence electrons. The van der Waals surface area contributed by atoms with Crippen molar-refractivity contribution >= 4 is 5.78 Å². The van der Waals surface area contributed by atoms with Crippen molar-refractivity contribution in [2.75, 3.05) is 0 Å². The summed E-state index contributed by atoms with van der Waals surface area (Å²) in [5, 5.41) is 0. The van der Waals surface area contributed by atoms with Crippen molar-refractivity contribution in [2.24, 2.45) is 11.8 Å². The van der Waals surface area contributed by atoms with Crippen molar-refractivity contribution in [1.29, 1.82) is 0 Å². The minimum Gasteiger partial charge on any atom is -0.299 e. The molecule has 0 atom stereocenters. The minimum absolute atomic E-state index is 0. The average molecular weight is 311 g/mol. The average Bonchev–Trinajstić information content (AvgIpc) is 2.33. The zero-order valence-corrected chi connectivity index (χ0v) is 15.5. The molecule has 0 spiro atoms. The lowest BCUT2D eigenvalue weighted by molar-refractivity contribution is -0.121. The predicted octanol–water partition coefficient (Wildman–Crippen LogP) is 8.66. The van der Waals surface area contributed by atoms with Gasteiger partial charge in [-0.1, -0.05) is 112 Å². The molecule has 0 aromatic heterocycles. The van der Waals surface area contributed by atoms with Gasteiger partial charge in [0.1, 0.15) is 5.78 Å². The van der Waals surface area contributed by atoms with Gasteiger partial charge in [0.05, 0.1) is 0 Å². The molecule has 0 aromatic carbocycles. The smallest absolute Gasteiger partial charge is 0.135 e. The van der Waals surface area contributed by atoms with Crippen molar-refractivity contribution in [3.63, 3.8) is 0 Å². The molecule has 1 heteroatoms. The van der Waals surface area contributed by atoms with Crippen LogP contribution in [-0.4, -0.2) is 5.78 Å². The van der Waals surface area contributed by atoms with Crippen LogP contribution in [0.5, 0.6) is 0 Å². The molecule has 0 N–H and O–H groups in total. The van der Waals surface area contributed by atoms with E-state index in [9.17, 15) is 4.79 Å². The number of hydrogen-bond acceptors (Lipinski definition) is 1. The molecule has 0 aliphatic carbocycles. The Morgan fingerprint density at radius 1 is 0.714 bits per heavy atom. The summed E-state index contributed by atoms with van der Waals surface area (Å²) in [4.78, 5) is 10.5. The molecule has 21 heavy (non-hydrogen) atoms. The molecule has 0 saturated heterocycles. The highest BCUT2D eigenvalue weighted by molar-refractivity contribution is 5.79. The van der Waals surface area contributed by atoms with E-state index >= 15 is 0 Å². The fourth-order valence-electron chi connectivity index (χ4n) is 0.408. The summed E-state index contributed by atoms with van der Waals surface area (Å²) >= 11 is 0. The number of hydrogen-bond donors (Lipinski definition) is 0. The third kappa shape index (κ3) is 191. The van der Waals surface area contributed by atoms with Crippen molar-refractivity contribution in [3.8, 4) is 0 Å². The highest BCUT2D eigenvalue weighted by Gasteiger charge is 2.00. The van der Waals surface area contributed by atoms with E-state index in [1.807, 2.05) is 48.5 Å². The molecule has 0 rings (SSSR count). The van der Waals surface area contributed by atoms with Crippen LogP contribution in [0.4, 0.5) is 0 Å². The summed E-state index contributed by atoms with van der Waals surface area (Å²) in [6.07, 6.45) is 1.93. The van der Waals surface area contributed by atoms with Crippen LogP contribution in [0.25, 0.3) is 0 Å².